The Balaban J connectivity index is 1.46. The van der Waals surface area contributed by atoms with E-state index in [4.69, 9.17) is 4.74 Å². The van der Waals surface area contributed by atoms with Crippen molar-refractivity contribution in [2.45, 2.75) is 19.5 Å². The molecule has 1 N–H and O–H groups in total. The van der Waals surface area contributed by atoms with Gasteiger partial charge in [-0.15, -0.1) is 0 Å². The quantitative estimate of drug-likeness (QED) is 0.898. The summed E-state index contributed by atoms with van der Waals surface area (Å²) in [5.74, 6) is 0.825. The van der Waals surface area contributed by atoms with Gasteiger partial charge >= 0.3 is 6.03 Å². The number of urea groups is 1. The van der Waals surface area contributed by atoms with Crippen molar-refractivity contribution in [2.24, 2.45) is 0 Å². The minimum Gasteiger partial charge on any atom is -0.497 e. The molecule has 5 nitrogen and oxygen atoms in total. The van der Waals surface area contributed by atoms with Gasteiger partial charge in [0.15, 0.2) is 0 Å². The monoisotopic (exact) mass is 353 g/mol. The van der Waals surface area contributed by atoms with E-state index in [2.05, 4.69) is 34.5 Å². The average molecular weight is 353 g/mol. The molecule has 0 bridgehead atoms. The van der Waals surface area contributed by atoms with Crippen LogP contribution < -0.4 is 10.1 Å². The summed E-state index contributed by atoms with van der Waals surface area (Å²) in [5.41, 5.74) is 2.39. The minimum absolute atomic E-state index is 0.0161. The van der Waals surface area contributed by atoms with E-state index in [-0.39, 0.29) is 6.03 Å². The van der Waals surface area contributed by atoms with E-state index in [1.54, 1.807) is 7.11 Å². The fraction of sp³-hybridized carbons (Fsp3) is 0.381. The van der Waals surface area contributed by atoms with Gasteiger partial charge in [0.05, 0.1) is 7.11 Å². The molecule has 2 amide bonds. The van der Waals surface area contributed by atoms with Crippen LogP contribution in [0.4, 0.5) is 4.79 Å². The summed E-state index contributed by atoms with van der Waals surface area (Å²) in [6, 6.07) is 18.3. The van der Waals surface area contributed by atoms with Crippen LogP contribution in [-0.4, -0.2) is 49.1 Å². The number of amides is 2. The highest BCUT2D eigenvalue weighted by Gasteiger charge is 2.18. The zero-order valence-electron chi connectivity index (χ0n) is 15.4. The number of hydrogen-bond donors (Lipinski definition) is 1. The molecule has 0 aliphatic carbocycles. The number of nitrogens with zero attached hydrogens (tertiary/aromatic N) is 2. The van der Waals surface area contributed by atoms with Crippen LogP contribution in [-0.2, 0) is 13.1 Å². The molecule has 0 unspecified atom stereocenters. The number of ether oxygens (including phenoxy) is 1. The maximum atomic E-state index is 12.5. The highest BCUT2D eigenvalue weighted by Crippen LogP contribution is 2.12. The molecule has 1 heterocycles. The van der Waals surface area contributed by atoms with Crippen molar-refractivity contribution in [1.29, 1.82) is 0 Å². The molecular formula is C21H27N3O2. The van der Waals surface area contributed by atoms with Crippen molar-refractivity contribution in [3.8, 4) is 5.75 Å². The maximum Gasteiger partial charge on any atom is 0.317 e. The smallest absolute Gasteiger partial charge is 0.317 e. The molecule has 138 valence electrons. The summed E-state index contributed by atoms with van der Waals surface area (Å²) >= 11 is 0. The molecule has 2 aromatic carbocycles. The summed E-state index contributed by atoms with van der Waals surface area (Å²) in [6.07, 6.45) is 1.00. The Morgan fingerprint density at radius 2 is 1.73 bits per heavy atom. The lowest BCUT2D eigenvalue weighted by Crippen LogP contribution is -2.41. The summed E-state index contributed by atoms with van der Waals surface area (Å²) in [5, 5.41) is 3.03. The number of rotatable bonds is 5. The SMILES string of the molecule is COc1ccc(CNC(=O)N2CCCN(Cc3ccccc3)CC2)cc1. The predicted molar refractivity (Wildman–Crippen MR) is 103 cm³/mol. The number of carbonyl (C=O) groups excluding carboxylic acids is 1. The second-order valence-corrected chi connectivity index (χ2v) is 6.61. The highest BCUT2D eigenvalue weighted by atomic mass is 16.5. The first-order chi connectivity index (χ1) is 12.7. The van der Waals surface area contributed by atoms with Crippen molar-refractivity contribution < 1.29 is 9.53 Å². The van der Waals surface area contributed by atoms with Crippen molar-refractivity contribution in [3.05, 3.63) is 65.7 Å². The zero-order chi connectivity index (χ0) is 18.2. The lowest BCUT2D eigenvalue weighted by molar-refractivity contribution is 0.197. The van der Waals surface area contributed by atoms with Gasteiger partial charge < -0.3 is 15.0 Å². The Kier molecular flexibility index (Phi) is 6.50. The summed E-state index contributed by atoms with van der Waals surface area (Å²) in [6.45, 7) is 4.98. The van der Waals surface area contributed by atoms with Crippen LogP contribution in [0.1, 0.15) is 17.5 Å². The van der Waals surface area contributed by atoms with E-state index in [0.29, 0.717) is 6.54 Å². The first kappa shape index (κ1) is 18.3. The van der Waals surface area contributed by atoms with Gasteiger partial charge in [0.2, 0.25) is 0 Å². The second kappa shape index (κ2) is 9.25. The van der Waals surface area contributed by atoms with Gasteiger partial charge in [0.1, 0.15) is 5.75 Å². The summed E-state index contributed by atoms with van der Waals surface area (Å²) < 4.78 is 5.16. The zero-order valence-corrected chi connectivity index (χ0v) is 15.4. The minimum atomic E-state index is 0.0161. The molecule has 26 heavy (non-hydrogen) atoms. The van der Waals surface area contributed by atoms with Crippen molar-refractivity contribution in [3.63, 3.8) is 0 Å². The van der Waals surface area contributed by atoms with Crippen LogP contribution >= 0.6 is 0 Å². The molecule has 1 aliphatic heterocycles. The number of benzene rings is 2. The molecule has 0 radical (unpaired) electrons. The lowest BCUT2D eigenvalue weighted by Gasteiger charge is -2.22. The van der Waals surface area contributed by atoms with Crippen molar-refractivity contribution in [1.82, 2.24) is 15.1 Å². The number of nitrogens with one attached hydrogen (secondary N) is 1. The standard InChI is InChI=1S/C21H27N3O2/c1-26-20-10-8-18(9-11-20)16-22-21(25)24-13-5-12-23(14-15-24)17-19-6-3-2-4-7-19/h2-4,6-11H,5,12-17H2,1H3,(H,22,25). The van der Waals surface area contributed by atoms with Crippen LogP contribution in [0, 0.1) is 0 Å². The van der Waals surface area contributed by atoms with E-state index in [9.17, 15) is 4.79 Å². The Bertz CT molecular complexity index is 688. The number of carbonyl (C=O) groups is 1. The Labute approximate surface area is 155 Å². The molecular weight excluding hydrogens is 326 g/mol. The van der Waals surface area contributed by atoms with Crippen LogP contribution in [0.5, 0.6) is 5.75 Å². The lowest BCUT2D eigenvalue weighted by atomic mass is 10.2. The van der Waals surface area contributed by atoms with Crippen LogP contribution in [0.25, 0.3) is 0 Å². The summed E-state index contributed by atoms with van der Waals surface area (Å²) in [7, 11) is 1.65. The number of hydrogen-bond acceptors (Lipinski definition) is 3. The molecule has 1 saturated heterocycles. The predicted octanol–water partition coefficient (Wildman–Crippen LogP) is 3.11. The topological polar surface area (TPSA) is 44.8 Å². The van der Waals surface area contributed by atoms with Gasteiger partial charge in [0.25, 0.3) is 0 Å². The molecule has 0 spiro atoms. The van der Waals surface area contributed by atoms with Crippen molar-refractivity contribution in [2.75, 3.05) is 33.3 Å². The molecule has 0 aromatic heterocycles. The number of methoxy groups -OCH3 is 1. The third-order valence-corrected chi connectivity index (χ3v) is 4.73. The summed E-state index contributed by atoms with van der Waals surface area (Å²) in [4.78, 5) is 16.8. The fourth-order valence-corrected chi connectivity index (χ4v) is 3.21. The van der Waals surface area contributed by atoms with Gasteiger partial charge in [-0.3, -0.25) is 4.90 Å². The molecule has 0 saturated carbocycles. The first-order valence-electron chi connectivity index (χ1n) is 9.16. The van der Waals surface area contributed by atoms with E-state index in [1.807, 2.05) is 35.2 Å². The highest BCUT2D eigenvalue weighted by molar-refractivity contribution is 5.74. The fourth-order valence-electron chi connectivity index (χ4n) is 3.21. The van der Waals surface area contributed by atoms with Gasteiger partial charge in [-0.25, -0.2) is 4.79 Å². The molecule has 0 atom stereocenters. The Morgan fingerprint density at radius 3 is 2.46 bits per heavy atom. The van der Waals surface area contributed by atoms with Crippen LogP contribution in [0.15, 0.2) is 54.6 Å². The molecule has 1 aliphatic rings. The van der Waals surface area contributed by atoms with E-state index in [0.717, 1.165) is 50.5 Å². The molecule has 2 aromatic rings. The molecule has 5 heteroatoms. The molecule has 3 rings (SSSR count). The maximum absolute atomic E-state index is 12.5. The Morgan fingerprint density at radius 1 is 0.962 bits per heavy atom. The van der Waals surface area contributed by atoms with E-state index >= 15 is 0 Å². The van der Waals surface area contributed by atoms with Crippen molar-refractivity contribution >= 4 is 6.03 Å². The normalized spacial score (nSPS) is 15.3. The Hall–Kier alpha value is -2.53. The van der Waals surface area contributed by atoms with Crippen LogP contribution in [0.2, 0.25) is 0 Å². The first-order valence-corrected chi connectivity index (χ1v) is 9.16. The van der Waals surface area contributed by atoms with Gasteiger partial charge in [-0.2, -0.15) is 0 Å². The second-order valence-electron chi connectivity index (χ2n) is 6.61. The average Bonchev–Trinajstić information content (AvgIpc) is 2.93. The third kappa shape index (κ3) is 5.23. The molecule has 1 fully saturated rings. The van der Waals surface area contributed by atoms with Crippen LogP contribution in [0.3, 0.4) is 0 Å². The third-order valence-electron chi connectivity index (χ3n) is 4.73. The van der Waals surface area contributed by atoms with E-state index in [1.165, 1.54) is 5.56 Å². The van der Waals surface area contributed by atoms with Gasteiger partial charge in [-0.05, 0) is 29.7 Å². The van der Waals surface area contributed by atoms with Gasteiger partial charge in [-0.1, -0.05) is 42.5 Å². The van der Waals surface area contributed by atoms with E-state index < -0.39 is 0 Å². The van der Waals surface area contributed by atoms with Gasteiger partial charge in [0, 0.05) is 39.3 Å². The largest absolute Gasteiger partial charge is 0.497 e.